The van der Waals surface area contributed by atoms with Crippen molar-refractivity contribution < 1.29 is 14.6 Å². The molecule has 4 aliphatic heterocycles. The Morgan fingerprint density at radius 1 is 1.26 bits per heavy atom. The molecule has 5 heterocycles. The lowest BCUT2D eigenvalue weighted by Gasteiger charge is -2.34. The molecule has 0 aliphatic carbocycles. The molecular formula is C25H30N6O3. The monoisotopic (exact) mass is 462 g/mol. The Labute approximate surface area is 198 Å². The second-order valence-electron chi connectivity index (χ2n) is 9.47. The number of rotatable bonds is 3. The minimum absolute atomic E-state index is 0.0251. The predicted molar refractivity (Wildman–Crippen MR) is 128 cm³/mol. The molecular weight excluding hydrogens is 432 g/mol. The Morgan fingerprint density at radius 3 is 2.85 bits per heavy atom. The number of aliphatic hydroxyl groups is 1. The number of ether oxygens (including phenoxy) is 1. The van der Waals surface area contributed by atoms with Crippen molar-refractivity contribution >= 4 is 17.4 Å². The Bertz CT molecular complexity index is 1200. The highest BCUT2D eigenvalue weighted by atomic mass is 16.5. The van der Waals surface area contributed by atoms with Crippen LogP contribution < -0.4 is 4.90 Å². The van der Waals surface area contributed by atoms with Gasteiger partial charge in [0.05, 0.1) is 31.5 Å². The average Bonchev–Trinajstić information content (AvgIpc) is 3.63. The standard InChI is InChI=1S/C25H30N6O3/c1-16(33)29-8-6-24-21(13-29)25(27-31(24)18-7-10-34-15-18)30-9-5-20-22(14-32)19(3-4-23(20)30)17-11-26-28(2)12-17/h3-4,11-13,18,24,32H,5-10,14-15H2,1-2H3. The van der Waals surface area contributed by atoms with Crippen LogP contribution in [-0.2, 0) is 29.6 Å². The third-order valence-corrected chi connectivity index (χ3v) is 7.48. The molecule has 1 fully saturated rings. The van der Waals surface area contributed by atoms with Crippen LogP contribution in [0.4, 0.5) is 5.69 Å². The van der Waals surface area contributed by atoms with E-state index in [1.165, 1.54) is 0 Å². The van der Waals surface area contributed by atoms with E-state index in [2.05, 4.69) is 27.1 Å². The predicted octanol–water partition coefficient (Wildman–Crippen LogP) is 1.86. The Morgan fingerprint density at radius 2 is 2.15 bits per heavy atom. The number of benzene rings is 1. The molecule has 9 nitrogen and oxygen atoms in total. The summed E-state index contributed by atoms with van der Waals surface area (Å²) in [4.78, 5) is 16.2. The van der Waals surface area contributed by atoms with Crippen molar-refractivity contribution in [3.05, 3.63) is 47.4 Å². The van der Waals surface area contributed by atoms with Gasteiger partial charge in [0, 0.05) is 62.9 Å². The topological polar surface area (TPSA) is 86.4 Å². The van der Waals surface area contributed by atoms with E-state index < -0.39 is 0 Å². The lowest BCUT2D eigenvalue weighted by Crippen LogP contribution is -2.43. The highest BCUT2D eigenvalue weighted by Gasteiger charge is 2.43. The van der Waals surface area contributed by atoms with E-state index in [1.807, 2.05) is 25.6 Å². The number of aryl methyl sites for hydroxylation is 1. The summed E-state index contributed by atoms with van der Waals surface area (Å²) < 4.78 is 7.45. The summed E-state index contributed by atoms with van der Waals surface area (Å²) in [5.41, 5.74) is 6.32. The summed E-state index contributed by atoms with van der Waals surface area (Å²) in [5, 5.41) is 22.0. The van der Waals surface area contributed by atoms with Crippen LogP contribution in [0.25, 0.3) is 11.1 Å². The fourth-order valence-corrected chi connectivity index (χ4v) is 5.77. The number of aliphatic hydroxyl groups excluding tert-OH is 1. The average molecular weight is 463 g/mol. The first-order valence-corrected chi connectivity index (χ1v) is 12.0. The van der Waals surface area contributed by atoms with Crippen molar-refractivity contribution in [2.24, 2.45) is 12.1 Å². The van der Waals surface area contributed by atoms with Crippen LogP contribution in [-0.4, -0.2) is 74.9 Å². The lowest BCUT2D eigenvalue weighted by molar-refractivity contribution is -0.126. The number of aromatic nitrogens is 2. The van der Waals surface area contributed by atoms with Crippen LogP contribution >= 0.6 is 0 Å². The molecule has 6 rings (SSSR count). The summed E-state index contributed by atoms with van der Waals surface area (Å²) in [5.74, 6) is 0.970. The number of amidine groups is 1. The Balaban J connectivity index is 1.41. The molecule has 2 unspecified atom stereocenters. The summed E-state index contributed by atoms with van der Waals surface area (Å²) in [6, 6.07) is 4.63. The Hall–Kier alpha value is -3.17. The number of amides is 1. The van der Waals surface area contributed by atoms with Gasteiger partial charge in [0.25, 0.3) is 0 Å². The van der Waals surface area contributed by atoms with Gasteiger partial charge in [0.1, 0.15) is 0 Å². The van der Waals surface area contributed by atoms with Gasteiger partial charge < -0.3 is 19.6 Å². The van der Waals surface area contributed by atoms with Crippen molar-refractivity contribution in [3.63, 3.8) is 0 Å². The molecule has 1 aromatic heterocycles. The van der Waals surface area contributed by atoms with E-state index in [0.717, 1.165) is 71.8 Å². The summed E-state index contributed by atoms with van der Waals surface area (Å²) in [6.45, 7) is 4.54. The second-order valence-corrected chi connectivity index (χ2v) is 9.47. The molecule has 2 atom stereocenters. The lowest BCUT2D eigenvalue weighted by atomic mass is 9.95. The molecule has 1 saturated heterocycles. The number of carbonyl (C=O) groups excluding carboxylic acids is 1. The number of fused-ring (bicyclic) bond motifs is 2. The number of nitrogens with zero attached hydrogens (tertiary/aromatic N) is 6. The van der Waals surface area contributed by atoms with Crippen molar-refractivity contribution in [3.8, 4) is 11.1 Å². The van der Waals surface area contributed by atoms with E-state index in [-0.39, 0.29) is 24.6 Å². The number of anilines is 1. The van der Waals surface area contributed by atoms with Crippen LogP contribution in [0.15, 0.2) is 41.4 Å². The van der Waals surface area contributed by atoms with Crippen molar-refractivity contribution in [1.29, 1.82) is 0 Å². The van der Waals surface area contributed by atoms with Crippen LogP contribution in [0.3, 0.4) is 0 Å². The molecule has 4 aliphatic rings. The van der Waals surface area contributed by atoms with Gasteiger partial charge in [-0.3, -0.25) is 14.5 Å². The van der Waals surface area contributed by atoms with Crippen molar-refractivity contribution in [1.82, 2.24) is 19.7 Å². The zero-order chi connectivity index (χ0) is 23.4. The SMILES string of the molecule is CC(=O)N1C=C2C(N3CCc4c3ccc(-c3cnn(C)c3)c4CO)=NN(C3CCOC3)C2CC1. The van der Waals surface area contributed by atoms with E-state index in [9.17, 15) is 9.90 Å². The van der Waals surface area contributed by atoms with Gasteiger partial charge in [0.2, 0.25) is 5.91 Å². The van der Waals surface area contributed by atoms with Gasteiger partial charge >= 0.3 is 0 Å². The number of carbonyl (C=O) groups is 1. The summed E-state index contributed by atoms with van der Waals surface area (Å²) >= 11 is 0. The molecule has 1 aromatic carbocycles. The molecule has 0 spiro atoms. The largest absolute Gasteiger partial charge is 0.392 e. The third-order valence-electron chi connectivity index (χ3n) is 7.48. The normalized spacial score (nSPS) is 23.8. The summed E-state index contributed by atoms with van der Waals surface area (Å²) in [7, 11) is 1.90. The molecule has 2 aromatic rings. The zero-order valence-electron chi connectivity index (χ0n) is 19.6. The first-order valence-electron chi connectivity index (χ1n) is 12.0. The molecule has 34 heavy (non-hydrogen) atoms. The zero-order valence-corrected chi connectivity index (χ0v) is 19.6. The van der Waals surface area contributed by atoms with Gasteiger partial charge in [0.15, 0.2) is 5.84 Å². The molecule has 178 valence electrons. The number of hydrogen-bond donors (Lipinski definition) is 1. The third kappa shape index (κ3) is 3.33. The first kappa shape index (κ1) is 21.4. The van der Waals surface area contributed by atoms with E-state index >= 15 is 0 Å². The number of hydrogen-bond acceptors (Lipinski definition) is 7. The maximum Gasteiger partial charge on any atom is 0.223 e. The van der Waals surface area contributed by atoms with Gasteiger partial charge in [-0.2, -0.15) is 10.2 Å². The van der Waals surface area contributed by atoms with Crippen LogP contribution in [0.1, 0.15) is 30.9 Å². The van der Waals surface area contributed by atoms with Crippen LogP contribution in [0.5, 0.6) is 0 Å². The number of hydrazone groups is 1. The smallest absolute Gasteiger partial charge is 0.223 e. The van der Waals surface area contributed by atoms with Crippen LogP contribution in [0, 0.1) is 0 Å². The quantitative estimate of drug-likeness (QED) is 0.750. The molecule has 1 N–H and O–H groups in total. The molecule has 0 bridgehead atoms. The van der Waals surface area contributed by atoms with E-state index in [4.69, 9.17) is 9.84 Å². The highest BCUT2D eigenvalue weighted by Crippen LogP contribution is 2.41. The fraction of sp³-hybridized carbons (Fsp3) is 0.480. The fourth-order valence-electron chi connectivity index (χ4n) is 5.77. The van der Waals surface area contributed by atoms with Gasteiger partial charge in [-0.25, -0.2) is 0 Å². The molecule has 1 amide bonds. The molecule has 0 radical (unpaired) electrons. The summed E-state index contributed by atoms with van der Waals surface area (Å²) in [6.07, 6.45) is 8.47. The highest BCUT2D eigenvalue weighted by molar-refractivity contribution is 6.13. The maximum absolute atomic E-state index is 12.2. The minimum atomic E-state index is -0.0251. The Kier molecular flexibility index (Phi) is 5.18. The van der Waals surface area contributed by atoms with E-state index in [0.29, 0.717) is 13.2 Å². The molecule has 0 saturated carbocycles. The second kappa shape index (κ2) is 8.25. The van der Waals surface area contributed by atoms with Gasteiger partial charge in [-0.15, -0.1) is 0 Å². The van der Waals surface area contributed by atoms with Gasteiger partial charge in [-0.05, 0) is 42.0 Å². The first-order chi connectivity index (χ1) is 16.5. The van der Waals surface area contributed by atoms with E-state index in [1.54, 1.807) is 16.5 Å². The van der Waals surface area contributed by atoms with Crippen molar-refractivity contribution in [2.75, 3.05) is 31.2 Å². The van der Waals surface area contributed by atoms with Crippen LogP contribution in [0.2, 0.25) is 0 Å². The molecule has 9 heteroatoms. The van der Waals surface area contributed by atoms with Crippen molar-refractivity contribution in [2.45, 2.75) is 44.9 Å². The maximum atomic E-state index is 12.2. The minimum Gasteiger partial charge on any atom is -0.392 e. The van der Waals surface area contributed by atoms with Gasteiger partial charge in [-0.1, -0.05) is 6.07 Å².